The lowest BCUT2D eigenvalue weighted by Crippen LogP contribution is -2.23. The predicted molar refractivity (Wildman–Crippen MR) is 176 cm³/mol. The van der Waals surface area contributed by atoms with Crippen molar-refractivity contribution in [1.29, 1.82) is 0 Å². The number of aromatic carboxylic acids is 1. The van der Waals surface area contributed by atoms with Gasteiger partial charge in [0.15, 0.2) is 0 Å². The molecule has 2 N–H and O–H groups in total. The van der Waals surface area contributed by atoms with Gasteiger partial charge < -0.3 is 15.2 Å². The fraction of sp³-hybridized carbons (Fsp3) is 0.179. The number of carbonyl (C=O) groups excluding carboxylic acids is 1. The fourth-order valence-corrected chi connectivity index (χ4v) is 6.24. The van der Waals surface area contributed by atoms with Crippen LogP contribution in [0.5, 0.6) is 5.75 Å². The zero-order chi connectivity index (χ0) is 30.8. The summed E-state index contributed by atoms with van der Waals surface area (Å²) >= 11 is 0. The highest BCUT2D eigenvalue weighted by Crippen LogP contribution is 2.33. The van der Waals surface area contributed by atoms with E-state index in [1.165, 1.54) is 27.8 Å². The predicted octanol–water partition coefficient (Wildman–Crippen LogP) is 8.54. The molecule has 6 rings (SSSR count). The first-order valence-corrected chi connectivity index (χ1v) is 14.9. The van der Waals surface area contributed by atoms with Crippen LogP contribution >= 0.6 is 0 Å². The van der Waals surface area contributed by atoms with E-state index in [-0.39, 0.29) is 11.5 Å². The van der Waals surface area contributed by atoms with E-state index < -0.39 is 11.9 Å². The minimum absolute atomic E-state index is 0.120. The van der Waals surface area contributed by atoms with Gasteiger partial charge in [-0.05, 0) is 114 Å². The van der Waals surface area contributed by atoms with Crippen LogP contribution in [0.4, 0.5) is 5.69 Å². The molecule has 1 aliphatic heterocycles. The van der Waals surface area contributed by atoms with Gasteiger partial charge in [0.05, 0.1) is 18.1 Å². The van der Waals surface area contributed by atoms with Gasteiger partial charge in [-0.2, -0.15) is 0 Å². The number of carboxylic acid groups (broad SMARTS) is 1. The number of benzene rings is 5. The highest BCUT2D eigenvalue weighted by molar-refractivity contribution is 5.96. The van der Waals surface area contributed by atoms with Gasteiger partial charge >= 0.3 is 5.97 Å². The maximum absolute atomic E-state index is 13.9. The lowest BCUT2D eigenvalue weighted by Gasteiger charge is -2.19. The lowest BCUT2D eigenvalue weighted by molar-refractivity contribution is -0.117. The van der Waals surface area contributed by atoms with Crippen LogP contribution in [0.25, 0.3) is 22.3 Å². The first-order valence-electron chi connectivity index (χ1n) is 14.9. The maximum atomic E-state index is 13.9. The van der Waals surface area contributed by atoms with E-state index in [9.17, 15) is 14.7 Å². The molecule has 5 nitrogen and oxygen atoms in total. The normalized spacial score (nSPS) is 12.7. The van der Waals surface area contributed by atoms with Crippen molar-refractivity contribution in [1.82, 2.24) is 0 Å². The van der Waals surface area contributed by atoms with Gasteiger partial charge in [0.25, 0.3) is 0 Å². The number of ether oxygens (including phenoxy) is 1. The van der Waals surface area contributed by atoms with Gasteiger partial charge in [-0.25, -0.2) is 4.79 Å². The molecule has 0 spiro atoms. The zero-order valence-electron chi connectivity index (χ0n) is 25.2. The van der Waals surface area contributed by atoms with Crippen LogP contribution in [0, 0.1) is 20.8 Å². The Labute approximate surface area is 258 Å². The minimum Gasteiger partial charge on any atom is -0.493 e. The van der Waals surface area contributed by atoms with Crippen LogP contribution in [0.1, 0.15) is 49.7 Å². The molecule has 1 atom stereocenters. The monoisotopic (exact) mass is 581 g/mol. The second kappa shape index (κ2) is 12.2. The molecule has 0 saturated heterocycles. The van der Waals surface area contributed by atoms with Crippen molar-refractivity contribution in [3.8, 4) is 28.0 Å². The van der Waals surface area contributed by atoms with Crippen molar-refractivity contribution in [3.63, 3.8) is 0 Å². The molecule has 0 fully saturated rings. The summed E-state index contributed by atoms with van der Waals surface area (Å²) in [5.74, 6) is -0.619. The molecule has 220 valence electrons. The first-order chi connectivity index (χ1) is 21.2. The van der Waals surface area contributed by atoms with E-state index in [4.69, 9.17) is 4.74 Å². The van der Waals surface area contributed by atoms with Gasteiger partial charge in [0.1, 0.15) is 5.75 Å². The number of amides is 1. The molecule has 5 aromatic rings. The van der Waals surface area contributed by atoms with E-state index in [0.717, 1.165) is 52.3 Å². The maximum Gasteiger partial charge on any atom is 0.335 e. The number of hydrogen-bond acceptors (Lipinski definition) is 3. The number of nitrogens with one attached hydrogen (secondary N) is 1. The SMILES string of the molecule is Cc1cc(C)c(-c2ccc(NC(=O)[C@H](Cc3ccc(C(=O)O)cc3)c3ccc(-c4ccc5c(c4)CCO5)cc3)cc2)c(C)c1. The van der Waals surface area contributed by atoms with Crippen LogP contribution < -0.4 is 10.1 Å². The van der Waals surface area contributed by atoms with Gasteiger partial charge in [-0.1, -0.05) is 72.3 Å². The van der Waals surface area contributed by atoms with Gasteiger partial charge in [0, 0.05) is 12.1 Å². The third-order valence-electron chi connectivity index (χ3n) is 8.41. The molecule has 0 radical (unpaired) electrons. The number of hydrogen-bond donors (Lipinski definition) is 2. The third kappa shape index (κ3) is 6.13. The molecule has 1 amide bonds. The highest BCUT2D eigenvalue weighted by Gasteiger charge is 2.22. The Hall–Kier alpha value is -5.16. The highest BCUT2D eigenvalue weighted by atomic mass is 16.5. The summed E-state index contributed by atoms with van der Waals surface area (Å²) in [4.78, 5) is 25.2. The van der Waals surface area contributed by atoms with Crippen molar-refractivity contribution in [2.75, 3.05) is 11.9 Å². The number of carbonyl (C=O) groups is 2. The van der Waals surface area contributed by atoms with E-state index in [0.29, 0.717) is 6.42 Å². The molecular formula is C39H35NO4. The largest absolute Gasteiger partial charge is 0.493 e. The average molecular weight is 582 g/mol. The number of anilines is 1. The Morgan fingerprint density at radius 1 is 0.773 bits per heavy atom. The first kappa shape index (κ1) is 28.9. The number of rotatable bonds is 8. The standard InChI is InChI=1S/C39H35NO4/c1-24-20-25(2)37(26(3)21-24)30-12-15-34(16-13-30)40-38(41)35(22-27-4-6-31(7-5-27)39(42)43)29-10-8-28(9-11-29)32-14-17-36-33(23-32)18-19-44-36/h4-17,20-21,23,35H,18-19,22H2,1-3H3,(H,40,41)(H,42,43)/t35-/m1/s1. The molecule has 0 bridgehead atoms. The molecule has 0 aromatic heterocycles. The summed E-state index contributed by atoms with van der Waals surface area (Å²) < 4.78 is 5.66. The molecular weight excluding hydrogens is 546 g/mol. The van der Waals surface area contributed by atoms with Crippen LogP contribution in [0.2, 0.25) is 0 Å². The van der Waals surface area contributed by atoms with E-state index in [2.05, 4.69) is 74.6 Å². The van der Waals surface area contributed by atoms with E-state index in [1.807, 2.05) is 30.3 Å². The van der Waals surface area contributed by atoms with Crippen molar-refractivity contribution in [3.05, 3.63) is 142 Å². The molecule has 1 heterocycles. The van der Waals surface area contributed by atoms with Gasteiger partial charge in [-0.15, -0.1) is 0 Å². The second-order valence-electron chi connectivity index (χ2n) is 11.6. The molecule has 0 unspecified atom stereocenters. The number of aryl methyl sites for hydroxylation is 3. The minimum atomic E-state index is -0.973. The zero-order valence-corrected chi connectivity index (χ0v) is 25.2. The van der Waals surface area contributed by atoms with E-state index in [1.54, 1.807) is 24.3 Å². The van der Waals surface area contributed by atoms with Crippen molar-refractivity contribution < 1.29 is 19.4 Å². The van der Waals surface area contributed by atoms with Crippen molar-refractivity contribution in [2.45, 2.75) is 39.5 Å². The topological polar surface area (TPSA) is 75.6 Å². The van der Waals surface area contributed by atoms with Crippen LogP contribution in [-0.2, 0) is 17.6 Å². The lowest BCUT2D eigenvalue weighted by atomic mass is 9.89. The smallest absolute Gasteiger partial charge is 0.335 e. The Bertz CT molecular complexity index is 1810. The Balaban J connectivity index is 1.26. The summed E-state index contributed by atoms with van der Waals surface area (Å²) in [6, 6.07) is 33.5. The summed E-state index contributed by atoms with van der Waals surface area (Å²) in [6.45, 7) is 7.08. The Kier molecular flexibility index (Phi) is 8.03. The summed E-state index contributed by atoms with van der Waals surface area (Å²) in [5.41, 5.74) is 12.2. The van der Waals surface area contributed by atoms with Crippen molar-refractivity contribution >= 4 is 17.6 Å². The quantitative estimate of drug-likeness (QED) is 0.193. The van der Waals surface area contributed by atoms with Gasteiger partial charge in [0.2, 0.25) is 5.91 Å². The molecule has 1 aliphatic rings. The van der Waals surface area contributed by atoms with E-state index >= 15 is 0 Å². The second-order valence-corrected chi connectivity index (χ2v) is 11.6. The summed E-state index contributed by atoms with van der Waals surface area (Å²) in [6.07, 6.45) is 1.34. The molecule has 44 heavy (non-hydrogen) atoms. The summed E-state index contributed by atoms with van der Waals surface area (Å²) in [7, 11) is 0. The Morgan fingerprint density at radius 3 is 2.07 bits per heavy atom. The number of carboxylic acids is 1. The molecule has 5 aromatic carbocycles. The number of fused-ring (bicyclic) bond motifs is 1. The van der Waals surface area contributed by atoms with Crippen molar-refractivity contribution in [2.24, 2.45) is 0 Å². The van der Waals surface area contributed by atoms with Crippen LogP contribution in [0.15, 0.2) is 103 Å². The fourth-order valence-electron chi connectivity index (χ4n) is 6.24. The van der Waals surface area contributed by atoms with Crippen LogP contribution in [0.3, 0.4) is 0 Å². The van der Waals surface area contributed by atoms with Gasteiger partial charge in [-0.3, -0.25) is 4.79 Å². The average Bonchev–Trinajstić information content (AvgIpc) is 3.49. The van der Waals surface area contributed by atoms with Crippen LogP contribution in [-0.4, -0.2) is 23.6 Å². The third-order valence-corrected chi connectivity index (χ3v) is 8.41. The Morgan fingerprint density at radius 2 is 1.41 bits per heavy atom. The summed E-state index contributed by atoms with van der Waals surface area (Å²) in [5, 5.41) is 12.5. The molecule has 5 heteroatoms. The molecule has 0 saturated carbocycles. The molecule has 0 aliphatic carbocycles.